The summed E-state index contributed by atoms with van der Waals surface area (Å²) in [6, 6.07) is 15.5. The fourth-order valence-corrected chi connectivity index (χ4v) is 1.87. The number of hydrogen-bond acceptors (Lipinski definition) is 3. The van der Waals surface area contributed by atoms with E-state index in [0.29, 0.717) is 0 Å². The van der Waals surface area contributed by atoms with Crippen molar-refractivity contribution in [2.24, 2.45) is 0 Å². The number of hydrogen-bond donors (Lipinski definition) is 0. The molecule has 0 amide bonds. The Balaban J connectivity index is 2.32. The van der Waals surface area contributed by atoms with Gasteiger partial charge in [0, 0.05) is 0 Å². The van der Waals surface area contributed by atoms with Gasteiger partial charge >= 0.3 is 0 Å². The van der Waals surface area contributed by atoms with Crippen molar-refractivity contribution in [3.05, 3.63) is 59.4 Å². The average Bonchev–Trinajstić information content (AvgIpc) is 2.53. The van der Waals surface area contributed by atoms with Gasteiger partial charge in [0.25, 0.3) is 0 Å². The Hall–Kier alpha value is -3.11. The van der Waals surface area contributed by atoms with Gasteiger partial charge in [0.15, 0.2) is 11.6 Å². The number of nitrogens with zero attached hydrogens (tertiary/aromatic N) is 2. The first kappa shape index (κ1) is 14.3. The topological polar surface area (TPSA) is 56.8 Å². The van der Waals surface area contributed by atoms with Crippen LogP contribution in [0.3, 0.4) is 0 Å². The number of allylic oxidation sites excluding steroid dienone is 1. The lowest BCUT2D eigenvalue weighted by atomic mass is 10.0. The smallest absolute Gasteiger partial charge is 0.165 e. The highest BCUT2D eigenvalue weighted by molar-refractivity contribution is 5.68. The molecular weight excluding hydrogens is 267 g/mol. The third kappa shape index (κ3) is 3.26. The SMILES string of the molecule is COc1ccc(-c2ccc(C=C(C#N)C#N)cc2)cc1F. The van der Waals surface area contributed by atoms with Crippen molar-refractivity contribution in [2.75, 3.05) is 7.11 Å². The predicted molar refractivity (Wildman–Crippen MR) is 77.6 cm³/mol. The normalized spacial score (nSPS) is 9.33. The number of ether oxygens (including phenoxy) is 1. The molecule has 2 aromatic carbocycles. The Bertz CT molecular complexity index is 749. The van der Waals surface area contributed by atoms with Gasteiger partial charge in [-0.15, -0.1) is 0 Å². The third-order valence-corrected chi connectivity index (χ3v) is 2.95. The van der Waals surface area contributed by atoms with Gasteiger partial charge in [0.2, 0.25) is 0 Å². The first-order valence-corrected chi connectivity index (χ1v) is 6.14. The molecule has 0 unspecified atom stereocenters. The lowest BCUT2D eigenvalue weighted by Gasteiger charge is -2.06. The molecule has 0 spiro atoms. The van der Waals surface area contributed by atoms with E-state index >= 15 is 0 Å². The van der Waals surface area contributed by atoms with Crippen LogP contribution in [0.25, 0.3) is 17.2 Å². The summed E-state index contributed by atoms with van der Waals surface area (Å²) < 4.78 is 18.6. The molecule has 0 aliphatic rings. The summed E-state index contributed by atoms with van der Waals surface area (Å²) >= 11 is 0. The number of benzene rings is 2. The zero-order valence-electron chi connectivity index (χ0n) is 11.3. The van der Waals surface area contributed by atoms with Gasteiger partial charge in [-0.25, -0.2) is 4.39 Å². The van der Waals surface area contributed by atoms with Gasteiger partial charge in [-0.05, 0) is 34.9 Å². The molecule has 4 heteroatoms. The molecule has 0 saturated heterocycles. The van der Waals surface area contributed by atoms with Gasteiger partial charge in [0.1, 0.15) is 17.7 Å². The lowest BCUT2D eigenvalue weighted by molar-refractivity contribution is 0.386. The maximum atomic E-state index is 13.7. The molecule has 0 atom stereocenters. The van der Waals surface area contributed by atoms with Crippen LogP contribution >= 0.6 is 0 Å². The molecule has 0 aliphatic heterocycles. The Morgan fingerprint density at radius 2 is 1.67 bits per heavy atom. The maximum Gasteiger partial charge on any atom is 0.165 e. The van der Waals surface area contributed by atoms with Crippen molar-refractivity contribution in [1.82, 2.24) is 0 Å². The minimum absolute atomic E-state index is 0.0400. The molecule has 0 heterocycles. The van der Waals surface area contributed by atoms with Crippen LogP contribution in [0, 0.1) is 28.5 Å². The molecule has 0 bridgehead atoms. The van der Waals surface area contributed by atoms with E-state index in [9.17, 15) is 4.39 Å². The van der Waals surface area contributed by atoms with Crippen LogP contribution in [0.2, 0.25) is 0 Å². The van der Waals surface area contributed by atoms with Gasteiger partial charge < -0.3 is 4.74 Å². The molecule has 21 heavy (non-hydrogen) atoms. The summed E-state index contributed by atoms with van der Waals surface area (Å²) in [6.45, 7) is 0. The largest absolute Gasteiger partial charge is 0.494 e. The minimum Gasteiger partial charge on any atom is -0.494 e. The van der Waals surface area contributed by atoms with Crippen LogP contribution in [0.1, 0.15) is 5.56 Å². The van der Waals surface area contributed by atoms with E-state index < -0.39 is 5.82 Å². The molecule has 0 aliphatic carbocycles. The number of rotatable bonds is 3. The average molecular weight is 278 g/mol. The van der Waals surface area contributed by atoms with E-state index in [2.05, 4.69) is 0 Å². The standard InChI is InChI=1S/C17H11FN2O/c1-21-17-7-6-15(9-16(17)18)14-4-2-12(3-5-14)8-13(10-19)11-20/h2-9H,1H3. The van der Waals surface area contributed by atoms with Gasteiger partial charge in [-0.1, -0.05) is 30.3 Å². The van der Waals surface area contributed by atoms with Crippen LogP contribution in [0.5, 0.6) is 5.75 Å². The van der Waals surface area contributed by atoms with Gasteiger partial charge in [0.05, 0.1) is 7.11 Å². The molecule has 0 radical (unpaired) electrons. The Morgan fingerprint density at radius 3 is 2.19 bits per heavy atom. The molecule has 0 N–H and O–H groups in total. The molecule has 0 aromatic heterocycles. The third-order valence-electron chi connectivity index (χ3n) is 2.95. The summed E-state index contributed by atoms with van der Waals surface area (Å²) in [4.78, 5) is 0. The summed E-state index contributed by atoms with van der Waals surface area (Å²) in [7, 11) is 1.42. The van der Waals surface area contributed by atoms with E-state index in [4.69, 9.17) is 15.3 Å². The van der Waals surface area contributed by atoms with Crippen molar-refractivity contribution in [2.45, 2.75) is 0 Å². The molecule has 0 fully saturated rings. The highest BCUT2D eigenvalue weighted by Gasteiger charge is 2.05. The monoisotopic (exact) mass is 278 g/mol. The summed E-state index contributed by atoms with van der Waals surface area (Å²) in [5.41, 5.74) is 2.35. The van der Waals surface area contributed by atoms with Crippen LogP contribution in [0.4, 0.5) is 4.39 Å². The number of nitriles is 2. The Morgan fingerprint density at radius 1 is 1.05 bits per heavy atom. The molecule has 2 rings (SSSR count). The summed E-state index contributed by atoms with van der Waals surface area (Å²) in [6.07, 6.45) is 1.50. The molecule has 102 valence electrons. The van der Waals surface area contributed by atoms with Crippen LogP contribution in [0.15, 0.2) is 48.0 Å². The van der Waals surface area contributed by atoms with Crippen molar-refractivity contribution in [1.29, 1.82) is 10.5 Å². The molecular formula is C17H11FN2O. The highest BCUT2D eigenvalue weighted by atomic mass is 19.1. The highest BCUT2D eigenvalue weighted by Crippen LogP contribution is 2.26. The predicted octanol–water partition coefficient (Wildman–Crippen LogP) is 3.93. The fraction of sp³-hybridized carbons (Fsp3) is 0.0588. The van der Waals surface area contributed by atoms with Crippen molar-refractivity contribution in [3.63, 3.8) is 0 Å². The lowest BCUT2D eigenvalue weighted by Crippen LogP contribution is -1.88. The second-order valence-corrected chi connectivity index (χ2v) is 4.25. The maximum absolute atomic E-state index is 13.7. The van der Waals surface area contributed by atoms with Crippen LogP contribution in [-0.4, -0.2) is 7.11 Å². The minimum atomic E-state index is -0.421. The quantitative estimate of drug-likeness (QED) is 0.799. The Kier molecular flexibility index (Phi) is 4.33. The molecule has 3 nitrogen and oxygen atoms in total. The zero-order chi connectivity index (χ0) is 15.2. The van der Waals surface area contributed by atoms with Crippen LogP contribution < -0.4 is 4.74 Å². The fourth-order valence-electron chi connectivity index (χ4n) is 1.87. The van der Waals surface area contributed by atoms with Crippen molar-refractivity contribution >= 4 is 6.08 Å². The van der Waals surface area contributed by atoms with E-state index in [1.165, 1.54) is 19.3 Å². The van der Waals surface area contributed by atoms with Crippen LogP contribution in [-0.2, 0) is 0 Å². The number of halogens is 1. The van der Waals surface area contributed by atoms with E-state index in [1.807, 2.05) is 0 Å². The van der Waals surface area contributed by atoms with Gasteiger partial charge in [-0.2, -0.15) is 10.5 Å². The zero-order valence-corrected chi connectivity index (χ0v) is 11.3. The summed E-state index contributed by atoms with van der Waals surface area (Å²) in [5, 5.41) is 17.4. The van der Waals surface area contributed by atoms with E-state index in [0.717, 1.165) is 16.7 Å². The van der Waals surface area contributed by atoms with Crippen molar-refractivity contribution < 1.29 is 9.13 Å². The van der Waals surface area contributed by atoms with Gasteiger partial charge in [-0.3, -0.25) is 0 Å². The second kappa shape index (κ2) is 6.36. The van der Waals surface area contributed by atoms with E-state index in [1.54, 1.807) is 48.5 Å². The number of methoxy groups -OCH3 is 1. The summed E-state index contributed by atoms with van der Waals surface area (Å²) in [5.74, 6) is -0.221. The Labute approximate surface area is 122 Å². The second-order valence-electron chi connectivity index (χ2n) is 4.25. The van der Waals surface area contributed by atoms with E-state index in [-0.39, 0.29) is 11.3 Å². The van der Waals surface area contributed by atoms with Crippen molar-refractivity contribution in [3.8, 4) is 29.0 Å². The molecule has 2 aromatic rings. The molecule has 0 saturated carbocycles. The first-order chi connectivity index (χ1) is 10.2. The first-order valence-electron chi connectivity index (χ1n) is 6.14.